The molecule has 0 aliphatic rings. The number of carbonyl (C=O) groups excluding carboxylic acids is 2. The van der Waals surface area contributed by atoms with Crippen LogP contribution in [0.5, 0.6) is 0 Å². The van der Waals surface area contributed by atoms with E-state index in [1.807, 2.05) is 72.8 Å². The predicted octanol–water partition coefficient (Wildman–Crippen LogP) is 5.50. The molecule has 3 aromatic carbocycles. The Morgan fingerprint density at radius 3 is 2.16 bits per heavy atom. The third-order valence-corrected chi connectivity index (χ3v) is 6.96. The van der Waals surface area contributed by atoms with Crippen LogP contribution in [-0.4, -0.2) is 40.8 Å². The number of ether oxygens (including phenoxy) is 1. The summed E-state index contributed by atoms with van der Waals surface area (Å²) in [5.41, 5.74) is 16.1. The van der Waals surface area contributed by atoms with Crippen LogP contribution in [-0.2, 0) is 16.1 Å². The number of anilines is 2. The maximum Gasteiger partial charge on any atom is 0.260 e. The first kappa shape index (κ1) is 32.0. The van der Waals surface area contributed by atoms with Gasteiger partial charge in [-0.3, -0.25) is 14.6 Å². The number of amides is 2. The van der Waals surface area contributed by atoms with Crippen LogP contribution in [0.1, 0.15) is 55.1 Å². The number of carbonyl (C=O) groups is 2. The van der Waals surface area contributed by atoms with Gasteiger partial charge < -0.3 is 36.5 Å². The molecule has 4 rings (SSSR count). The fourth-order valence-electron chi connectivity index (χ4n) is 5.11. The molecule has 0 fully saturated rings. The number of hydrogen-bond acceptors (Lipinski definition) is 5. The molecule has 44 heavy (non-hydrogen) atoms. The molecule has 0 saturated heterocycles. The Morgan fingerprint density at radius 1 is 0.886 bits per heavy atom. The molecule has 0 aliphatic heterocycles. The van der Waals surface area contributed by atoms with Gasteiger partial charge in [0.1, 0.15) is 6.79 Å². The van der Waals surface area contributed by atoms with Crippen molar-refractivity contribution in [3.8, 4) is 22.5 Å². The number of nitrogens with one attached hydrogen (secondary N) is 2. The van der Waals surface area contributed by atoms with Crippen molar-refractivity contribution in [1.82, 2.24) is 4.57 Å². The van der Waals surface area contributed by atoms with Crippen LogP contribution in [0.4, 0.5) is 11.4 Å². The number of nitrogens with two attached hydrogens (primary N) is 2. The highest BCUT2D eigenvalue weighted by Crippen LogP contribution is 2.43. The maximum absolute atomic E-state index is 14.3. The van der Waals surface area contributed by atoms with Crippen LogP contribution in [0.2, 0.25) is 0 Å². The highest BCUT2D eigenvalue weighted by Gasteiger charge is 2.31. The summed E-state index contributed by atoms with van der Waals surface area (Å²) in [6.07, 6.45) is 1.45. The van der Waals surface area contributed by atoms with Gasteiger partial charge in [0.25, 0.3) is 5.91 Å². The maximum atomic E-state index is 14.3. The average molecular weight is 597 g/mol. The summed E-state index contributed by atoms with van der Waals surface area (Å²) >= 11 is 0. The molecule has 1 heterocycles. The van der Waals surface area contributed by atoms with Crippen molar-refractivity contribution in [1.29, 1.82) is 0 Å². The third kappa shape index (κ3) is 8.12. The molecule has 10 heteroatoms. The lowest BCUT2D eigenvalue weighted by molar-refractivity contribution is -0.116. The van der Waals surface area contributed by atoms with Crippen LogP contribution < -0.4 is 22.1 Å². The molecule has 0 atom stereocenters. The number of benzene rings is 3. The fourth-order valence-corrected chi connectivity index (χ4v) is 5.11. The first-order valence-electron chi connectivity index (χ1n) is 14.6. The molecule has 2 amide bonds. The molecule has 0 spiro atoms. The number of unbranched alkanes of at least 4 members (excludes halogenated alkanes) is 1. The topological polar surface area (TPSA) is 157 Å². The summed E-state index contributed by atoms with van der Waals surface area (Å²) in [7, 11) is 0. The highest BCUT2D eigenvalue weighted by molar-refractivity contribution is 6.17. The Labute approximate surface area is 257 Å². The van der Waals surface area contributed by atoms with E-state index in [0.29, 0.717) is 42.0 Å². The van der Waals surface area contributed by atoms with Crippen LogP contribution >= 0.6 is 0 Å². The normalized spacial score (nSPS) is 10.9. The summed E-state index contributed by atoms with van der Waals surface area (Å²) in [6, 6.07) is 26.6. The minimum atomic E-state index is -0.403. The van der Waals surface area contributed by atoms with Gasteiger partial charge >= 0.3 is 0 Å². The molecule has 0 unspecified atom stereocenters. The monoisotopic (exact) mass is 596 g/mol. The SMILES string of the molecule is CC(C)n1c(-c2ccccc2)c(NC(=O)CCCCN=C(N)N)c(C(=O)Nc2cccc(COCO)c2)c1-c1ccccc1. The standard InChI is InChI=1S/C34H40N6O4/c1-23(2)40-31(25-13-5-3-6-14-25)29(33(43)38-27-17-11-12-24(20-27)21-44-22-41)30(32(40)26-15-7-4-8-16-26)39-28(42)18-9-10-19-37-34(35)36/h3-8,11-17,20,23,41H,9-10,18-19,21-22H2,1-2H3,(H,38,43)(H,39,42)(H4,35,36,37). The zero-order chi connectivity index (χ0) is 31.5. The first-order valence-corrected chi connectivity index (χ1v) is 14.6. The largest absolute Gasteiger partial charge is 0.371 e. The molecule has 0 aliphatic carbocycles. The molecule has 0 radical (unpaired) electrons. The fraction of sp³-hybridized carbons (Fsp3) is 0.265. The Morgan fingerprint density at radius 2 is 1.55 bits per heavy atom. The molecular weight excluding hydrogens is 556 g/mol. The van der Waals surface area contributed by atoms with Crippen molar-refractivity contribution in [3.63, 3.8) is 0 Å². The van der Waals surface area contributed by atoms with Crippen molar-refractivity contribution in [2.75, 3.05) is 24.0 Å². The summed E-state index contributed by atoms with van der Waals surface area (Å²) < 4.78 is 7.24. The van der Waals surface area contributed by atoms with E-state index in [4.69, 9.17) is 21.3 Å². The molecule has 0 saturated carbocycles. The van der Waals surface area contributed by atoms with Gasteiger partial charge in [-0.15, -0.1) is 0 Å². The van der Waals surface area contributed by atoms with Crippen LogP contribution in [0.25, 0.3) is 22.5 Å². The lowest BCUT2D eigenvalue weighted by Crippen LogP contribution is -2.23. The summed E-state index contributed by atoms with van der Waals surface area (Å²) in [5, 5.41) is 15.2. The zero-order valence-corrected chi connectivity index (χ0v) is 25.1. The van der Waals surface area contributed by atoms with Crippen molar-refractivity contribution < 1.29 is 19.4 Å². The number of aliphatic hydroxyl groups excluding tert-OH is 1. The highest BCUT2D eigenvalue weighted by atomic mass is 16.6. The lowest BCUT2D eigenvalue weighted by atomic mass is 10.0. The Bertz CT molecular complexity index is 1580. The number of aliphatic hydroxyl groups is 1. The van der Waals surface area contributed by atoms with Crippen molar-refractivity contribution in [3.05, 3.63) is 96.1 Å². The number of aliphatic imine (C=N–C) groups is 1. The van der Waals surface area contributed by atoms with Crippen molar-refractivity contribution >= 4 is 29.1 Å². The summed E-state index contributed by atoms with van der Waals surface area (Å²) in [5.74, 6) is -0.569. The van der Waals surface area contributed by atoms with Crippen molar-refractivity contribution in [2.45, 2.75) is 45.8 Å². The van der Waals surface area contributed by atoms with Crippen LogP contribution in [0.15, 0.2) is 89.9 Å². The quantitative estimate of drug-likeness (QED) is 0.0560. The van der Waals surface area contributed by atoms with Gasteiger partial charge in [-0.2, -0.15) is 0 Å². The number of guanidine groups is 1. The van der Waals surface area contributed by atoms with E-state index in [2.05, 4.69) is 34.0 Å². The second-order valence-electron chi connectivity index (χ2n) is 10.6. The second kappa shape index (κ2) is 15.5. The first-order chi connectivity index (χ1) is 21.3. The van der Waals surface area contributed by atoms with Gasteiger partial charge in [0, 0.05) is 30.3 Å². The second-order valence-corrected chi connectivity index (χ2v) is 10.6. The van der Waals surface area contributed by atoms with Gasteiger partial charge in [-0.25, -0.2) is 0 Å². The molecule has 7 N–H and O–H groups in total. The molecule has 230 valence electrons. The van der Waals surface area contributed by atoms with E-state index >= 15 is 0 Å². The summed E-state index contributed by atoms with van der Waals surface area (Å²) in [4.78, 5) is 31.8. The smallest absolute Gasteiger partial charge is 0.260 e. The molecule has 0 bridgehead atoms. The van der Waals surface area contributed by atoms with Crippen LogP contribution in [0.3, 0.4) is 0 Å². The zero-order valence-electron chi connectivity index (χ0n) is 25.1. The molecule has 10 nitrogen and oxygen atoms in total. The van der Waals surface area contributed by atoms with E-state index in [9.17, 15) is 9.59 Å². The molecule has 4 aromatic rings. The Balaban J connectivity index is 1.84. The Hall–Kier alpha value is -4.93. The van der Waals surface area contributed by atoms with E-state index < -0.39 is 6.79 Å². The van der Waals surface area contributed by atoms with Gasteiger partial charge in [0.05, 0.1) is 29.2 Å². The summed E-state index contributed by atoms with van der Waals surface area (Å²) in [6.45, 7) is 4.34. The number of nitrogens with zero attached hydrogens (tertiary/aromatic N) is 2. The number of rotatable bonds is 14. The minimum absolute atomic E-state index is 0.0209. The van der Waals surface area contributed by atoms with Crippen molar-refractivity contribution in [2.24, 2.45) is 16.5 Å². The number of hydrogen-bond donors (Lipinski definition) is 5. The molecule has 1 aromatic heterocycles. The van der Waals surface area contributed by atoms with E-state index in [0.717, 1.165) is 22.4 Å². The third-order valence-electron chi connectivity index (χ3n) is 6.96. The molecular formula is C34H40N6O4. The van der Waals surface area contributed by atoms with Gasteiger partial charge in [-0.1, -0.05) is 72.8 Å². The van der Waals surface area contributed by atoms with E-state index in [1.54, 1.807) is 12.1 Å². The van der Waals surface area contributed by atoms with Gasteiger partial charge in [-0.05, 0) is 49.9 Å². The average Bonchev–Trinajstić information content (AvgIpc) is 3.35. The number of aromatic nitrogens is 1. The lowest BCUT2D eigenvalue weighted by Gasteiger charge is -2.18. The van der Waals surface area contributed by atoms with Gasteiger partial charge in [0.15, 0.2) is 5.96 Å². The predicted molar refractivity (Wildman–Crippen MR) is 175 cm³/mol. The van der Waals surface area contributed by atoms with Crippen LogP contribution in [0, 0.1) is 0 Å². The van der Waals surface area contributed by atoms with Gasteiger partial charge in [0.2, 0.25) is 5.91 Å². The van der Waals surface area contributed by atoms with E-state index in [-0.39, 0.29) is 36.8 Å². The van der Waals surface area contributed by atoms with E-state index in [1.165, 1.54) is 0 Å². The Kier molecular flexibility index (Phi) is 11.3. The minimum Gasteiger partial charge on any atom is -0.371 e.